The maximum Gasteiger partial charge on any atom is 0.179 e. The van der Waals surface area contributed by atoms with Gasteiger partial charge in [0.1, 0.15) is 0 Å². The highest BCUT2D eigenvalue weighted by Crippen LogP contribution is 2.32. The van der Waals surface area contributed by atoms with Crippen LogP contribution in [0.5, 0.6) is 0 Å². The van der Waals surface area contributed by atoms with Crippen LogP contribution >= 0.6 is 15.9 Å². The van der Waals surface area contributed by atoms with Crippen molar-refractivity contribution in [2.24, 2.45) is 0 Å². The molecule has 0 unspecified atom stereocenters. The van der Waals surface area contributed by atoms with Gasteiger partial charge in [-0.15, -0.1) is 0 Å². The molecule has 0 heterocycles. The molecular weight excluding hydrogens is 362 g/mol. The molecule has 0 aromatic heterocycles. The predicted molar refractivity (Wildman–Crippen MR) is 106 cm³/mol. The van der Waals surface area contributed by atoms with Crippen molar-refractivity contribution < 1.29 is 4.79 Å². The monoisotopic (exact) mass is 383 g/mol. The minimum Gasteiger partial charge on any atom is -0.294 e. The molecular formula is C21H22BrNO. The van der Waals surface area contributed by atoms with Gasteiger partial charge in [0.15, 0.2) is 5.78 Å². The predicted octanol–water partition coefficient (Wildman–Crippen LogP) is 5.67. The topological polar surface area (TPSA) is 20.3 Å². The molecule has 0 aliphatic rings. The lowest BCUT2D eigenvalue weighted by Crippen LogP contribution is -2.38. The molecule has 0 fully saturated rings. The maximum absolute atomic E-state index is 12.9. The minimum atomic E-state index is -0.0980. The third-order valence-electron chi connectivity index (χ3n) is 4.83. The summed E-state index contributed by atoms with van der Waals surface area (Å²) in [5.41, 5.74) is 0.786. The summed E-state index contributed by atoms with van der Waals surface area (Å²) in [5, 5.41) is 4.62. The maximum atomic E-state index is 12.9. The summed E-state index contributed by atoms with van der Waals surface area (Å²) in [6.45, 7) is 7.95. The number of fused-ring (bicyclic) bond motifs is 3. The molecule has 0 N–H and O–H groups in total. The number of halogens is 1. The standard InChI is InChI=1S/C21H22BrNO/c1-4-23(5-2)14(3)21(24)16-11-10-15-13-20(22)18-9-7-6-8-17(18)19(15)12-16/h6-14H,4-5H2,1-3H3/t14-/m0/s1. The summed E-state index contributed by atoms with van der Waals surface area (Å²) in [4.78, 5) is 15.1. The Balaban J connectivity index is 2.13. The molecule has 0 saturated heterocycles. The van der Waals surface area contributed by atoms with Crippen LogP contribution in [0.2, 0.25) is 0 Å². The molecule has 0 spiro atoms. The third-order valence-corrected chi connectivity index (χ3v) is 5.49. The van der Waals surface area contributed by atoms with Crippen LogP contribution < -0.4 is 0 Å². The minimum absolute atomic E-state index is 0.0980. The Bertz CT molecular complexity index is 899. The Kier molecular flexibility index (Phi) is 5.02. The van der Waals surface area contributed by atoms with Crippen LogP contribution in [-0.4, -0.2) is 29.8 Å². The molecule has 2 nitrogen and oxygen atoms in total. The average Bonchev–Trinajstić information content (AvgIpc) is 2.62. The van der Waals surface area contributed by atoms with Gasteiger partial charge < -0.3 is 0 Å². The molecule has 0 aliphatic heterocycles. The van der Waals surface area contributed by atoms with Crippen LogP contribution in [0, 0.1) is 0 Å². The summed E-state index contributed by atoms with van der Waals surface area (Å²) in [6.07, 6.45) is 0. The first-order chi connectivity index (χ1) is 11.6. The van der Waals surface area contributed by atoms with Crippen molar-refractivity contribution >= 4 is 43.3 Å². The van der Waals surface area contributed by atoms with Gasteiger partial charge in [-0.3, -0.25) is 9.69 Å². The van der Waals surface area contributed by atoms with Crippen molar-refractivity contribution in [2.45, 2.75) is 26.8 Å². The Labute approximate surface area is 151 Å². The molecule has 24 heavy (non-hydrogen) atoms. The van der Waals surface area contributed by atoms with Gasteiger partial charge in [0, 0.05) is 10.0 Å². The zero-order valence-corrected chi connectivity index (χ0v) is 15.9. The highest BCUT2D eigenvalue weighted by molar-refractivity contribution is 9.10. The first-order valence-corrected chi connectivity index (χ1v) is 9.25. The Hall–Kier alpha value is -1.71. The van der Waals surface area contributed by atoms with Crippen LogP contribution in [0.25, 0.3) is 21.5 Å². The zero-order chi connectivity index (χ0) is 17.3. The van der Waals surface area contributed by atoms with E-state index in [1.165, 1.54) is 10.8 Å². The van der Waals surface area contributed by atoms with E-state index in [-0.39, 0.29) is 11.8 Å². The quantitative estimate of drug-likeness (QED) is 0.417. The highest BCUT2D eigenvalue weighted by Gasteiger charge is 2.20. The van der Waals surface area contributed by atoms with Gasteiger partial charge in [0.2, 0.25) is 0 Å². The smallest absolute Gasteiger partial charge is 0.179 e. The molecule has 0 radical (unpaired) electrons. The normalized spacial score (nSPS) is 12.9. The molecule has 124 valence electrons. The number of carbonyl (C=O) groups excluding carboxylic acids is 1. The number of ketones is 1. The fourth-order valence-electron chi connectivity index (χ4n) is 3.39. The van der Waals surface area contributed by atoms with Crippen LogP contribution in [0.3, 0.4) is 0 Å². The fourth-order valence-corrected chi connectivity index (χ4v) is 3.98. The van der Waals surface area contributed by atoms with Crippen LogP contribution in [0.15, 0.2) is 53.0 Å². The van der Waals surface area contributed by atoms with Crippen molar-refractivity contribution in [1.29, 1.82) is 0 Å². The van der Waals surface area contributed by atoms with Gasteiger partial charge in [0.25, 0.3) is 0 Å². The van der Waals surface area contributed by atoms with E-state index in [0.29, 0.717) is 0 Å². The van der Waals surface area contributed by atoms with E-state index in [9.17, 15) is 4.79 Å². The number of hydrogen-bond donors (Lipinski definition) is 0. The number of benzene rings is 3. The number of hydrogen-bond acceptors (Lipinski definition) is 2. The van der Waals surface area contributed by atoms with Gasteiger partial charge in [-0.25, -0.2) is 0 Å². The van der Waals surface area contributed by atoms with Crippen molar-refractivity contribution in [3.8, 4) is 0 Å². The first kappa shape index (κ1) is 17.1. The molecule has 3 aromatic carbocycles. The SMILES string of the molecule is CCN(CC)[C@@H](C)C(=O)c1ccc2cc(Br)c3ccccc3c2c1. The van der Waals surface area contributed by atoms with Crippen molar-refractivity contribution in [1.82, 2.24) is 4.90 Å². The van der Waals surface area contributed by atoms with E-state index < -0.39 is 0 Å². The lowest BCUT2D eigenvalue weighted by molar-refractivity contribution is 0.0851. The molecule has 3 heteroatoms. The molecule has 3 aromatic rings. The van der Waals surface area contributed by atoms with Crippen molar-refractivity contribution in [3.05, 3.63) is 58.6 Å². The largest absolute Gasteiger partial charge is 0.294 e. The molecule has 1 atom stereocenters. The van der Waals surface area contributed by atoms with Crippen LogP contribution in [0.1, 0.15) is 31.1 Å². The Morgan fingerprint density at radius 1 is 1.00 bits per heavy atom. The van der Waals surface area contributed by atoms with Gasteiger partial charge in [-0.05, 0) is 53.7 Å². The van der Waals surface area contributed by atoms with E-state index >= 15 is 0 Å². The second kappa shape index (κ2) is 7.04. The Morgan fingerprint density at radius 3 is 2.33 bits per heavy atom. The van der Waals surface area contributed by atoms with Crippen molar-refractivity contribution in [2.75, 3.05) is 13.1 Å². The lowest BCUT2D eigenvalue weighted by Gasteiger charge is -2.25. The summed E-state index contributed by atoms with van der Waals surface area (Å²) >= 11 is 3.65. The van der Waals surface area contributed by atoms with Crippen LogP contribution in [-0.2, 0) is 0 Å². The number of carbonyl (C=O) groups is 1. The number of Topliss-reactive ketones (excluding diaryl/α,β-unsaturated/α-hetero) is 1. The van der Waals surface area contributed by atoms with Gasteiger partial charge in [-0.1, -0.05) is 66.2 Å². The Morgan fingerprint density at radius 2 is 1.67 bits per heavy atom. The van der Waals surface area contributed by atoms with E-state index in [1.807, 2.05) is 31.2 Å². The summed E-state index contributed by atoms with van der Waals surface area (Å²) < 4.78 is 1.08. The first-order valence-electron chi connectivity index (χ1n) is 8.46. The summed E-state index contributed by atoms with van der Waals surface area (Å²) in [7, 11) is 0. The summed E-state index contributed by atoms with van der Waals surface area (Å²) in [6, 6.07) is 16.4. The molecule has 3 rings (SSSR count). The molecule has 0 saturated carbocycles. The van der Waals surface area contributed by atoms with E-state index in [4.69, 9.17) is 0 Å². The van der Waals surface area contributed by atoms with Gasteiger partial charge in [0.05, 0.1) is 6.04 Å². The van der Waals surface area contributed by atoms with E-state index in [2.05, 4.69) is 58.9 Å². The second-order valence-electron chi connectivity index (χ2n) is 6.10. The van der Waals surface area contributed by atoms with E-state index in [1.54, 1.807) is 0 Å². The molecule has 0 aliphatic carbocycles. The molecule has 0 bridgehead atoms. The fraction of sp³-hybridized carbons (Fsp3) is 0.286. The number of likely N-dealkylation sites (N-methyl/N-ethyl adjacent to an activating group) is 1. The lowest BCUT2D eigenvalue weighted by atomic mass is 9.96. The summed E-state index contributed by atoms with van der Waals surface area (Å²) in [5.74, 6) is 0.188. The van der Waals surface area contributed by atoms with E-state index in [0.717, 1.165) is 33.9 Å². The highest BCUT2D eigenvalue weighted by atomic mass is 79.9. The van der Waals surface area contributed by atoms with Gasteiger partial charge in [-0.2, -0.15) is 0 Å². The van der Waals surface area contributed by atoms with Crippen molar-refractivity contribution in [3.63, 3.8) is 0 Å². The third kappa shape index (κ3) is 2.99. The molecule has 0 amide bonds. The van der Waals surface area contributed by atoms with Crippen LogP contribution in [0.4, 0.5) is 0 Å². The van der Waals surface area contributed by atoms with Gasteiger partial charge >= 0.3 is 0 Å². The average molecular weight is 384 g/mol. The number of nitrogens with zero attached hydrogens (tertiary/aromatic N) is 1. The zero-order valence-electron chi connectivity index (χ0n) is 14.3. The second-order valence-corrected chi connectivity index (χ2v) is 6.96. The number of rotatable bonds is 5.